The fourth-order valence-electron chi connectivity index (χ4n) is 9.25. The number of fused-ring (bicyclic) bond motifs is 5. The first-order chi connectivity index (χ1) is 13.7. The summed E-state index contributed by atoms with van der Waals surface area (Å²) in [5.41, 5.74) is -0.306. The third-order valence-electron chi connectivity index (χ3n) is 10.8. The summed E-state index contributed by atoms with van der Waals surface area (Å²) in [5.74, 6) is 0.475. The molecule has 2 N–H and O–H groups in total. The first-order valence-corrected chi connectivity index (χ1v) is 11.6. The maximum Gasteiger partial charge on any atom is 0.320 e. The van der Waals surface area contributed by atoms with Crippen molar-refractivity contribution in [3.63, 3.8) is 0 Å². The molecule has 4 heteroatoms. The average molecular weight is 417 g/mol. The van der Waals surface area contributed by atoms with Crippen LogP contribution in [0, 0.1) is 38.9 Å². The number of aliphatic hydroxyl groups is 2. The minimum atomic E-state index is -1.09. The van der Waals surface area contributed by atoms with Gasteiger partial charge in [0.1, 0.15) is 11.2 Å². The normalized spacial score (nSPS) is 49.9. The van der Waals surface area contributed by atoms with Gasteiger partial charge >= 0.3 is 5.97 Å². The smallest absolute Gasteiger partial charge is 0.320 e. The van der Waals surface area contributed by atoms with Gasteiger partial charge in [-0.15, -0.1) is 0 Å². The van der Waals surface area contributed by atoms with Gasteiger partial charge in [-0.1, -0.05) is 46.8 Å². The summed E-state index contributed by atoms with van der Waals surface area (Å²) in [6, 6.07) is 0. The zero-order valence-corrected chi connectivity index (χ0v) is 19.9. The molecule has 0 aromatic carbocycles. The Bertz CT molecular complexity index is 840. The summed E-state index contributed by atoms with van der Waals surface area (Å²) in [6.07, 6.45) is 4.72. The van der Waals surface area contributed by atoms with E-state index < -0.39 is 16.2 Å². The number of carbonyl (C=O) groups excluding carboxylic acids is 1. The molecule has 0 radical (unpaired) electrons. The minimum absolute atomic E-state index is 0.0300. The van der Waals surface area contributed by atoms with Crippen molar-refractivity contribution in [3.8, 4) is 0 Å². The number of carbonyl (C=O) groups is 1. The molecule has 30 heavy (non-hydrogen) atoms. The molecule has 4 aliphatic rings. The predicted molar refractivity (Wildman–Crippen MR) is 118 cm³/mol. The van der Waals surface area contributed by atoms with Crippen LogP contribution in [0.15, 0.2) is 23.5 Å². The molecule has 4 nitrogen and oxygen atoms in total. The number of hydrogen-bond acceptors (Lipinski definition) is 4. The van der Waals surface area contributed by atoms with Gasteiger partial charge < -0.3 is 14.9 Å². The lowest BCUT2D eigenvalue weighted by Gasteiger charge is -2.70. The van der Waals surface area contributed by atoms with E-state index in [2.05, 4.69) is 41.2 Å². The molecule has 0 bridgehead atoms. The maximum atomic E-state index is 13.7. The second kappa shape index (κ2) is 6.15. The number of esters is 1. The average Bonchev–Trinajstić information content (AvgIpc) is 2.88. The number of ether oxygens (including phenoxy) is 1. The van der Waals surface area contributed by atoms with E-state index in [1.54, 1.807) is 0 Å². The third kappa shape index (κ3) is 2.10. The van der Waals surface area contributed by atoms with Gasteiger partial charge in [0.15, 0.2) is 0 Å². The second-order valence-electron chi connectivity index (χ2n) is 12.1. The Kier molecular flexibility index (Phi) is 4.49. The van der Waals surface area contributed by atoms with Crippen molar-refractivity contribution in [1.29, 1.82) is 0 Å². The lowest BCUT2D eigenvalue weighted by atomic mass is 9.32. The van der Waals surface area contributed by atoms with E-state index in [0.29, 0.717) is 12.3 Å². The number of aliphatic hydroxyl groups excluding tert-OH is 2. The van der Waals surface area contributed by atoms with Gasteiger partial charge in [0.2, 0.25) is 0 Å². The quantitative estimate of drug-likeness (QED) is 0.433. The summed E-state index contributed by atoms with van der Waals surface area (Å²) in [4.78, 5) is 13.7. The van der Waals surface area contributed by atoms with Crippen LogP contribution in [-0.2, 0) is 9.53 Å². The molecule has 0 amide bonds. The van der Waals surface area contributed by atoms with Crippen LogP contribution in [0.25, 0.3) is 0 Å². The largest absolute Gasteiger partial charge is 0.511 e. The van der Waals surface area contributed by atoms with Crippen LogP contribution in [-0.4, -0.2) is 29.4 Å². The van der Waals surface area contributed by atoms with Crippen LogP contribution < -0.4 is 0 Å². The fourth-order valence-corrected chi connectivity index (χ4v) is 9.25. The third-order valence-corrected chi connectivity index (χ3v) is 10.8. The van der Waals surface area contributed by atoms with Gasteiger partial charge in [0, 0.05) is 5.41 Å². The van der Waals surface area contributed by atoms with E-state index >= 15 is 0 Å². The Hall–Kier alpha value is -1.29. The molecule has 0 aliphatic heterocycles. The minimum Gasteiger partial charge on any atom is -0.511 e. The highest BCUT2D eigenvalue weighted by Gasteiger charge is 2.78. The Labute approximate surface area is 181 Å². The second-order valence-corrected chi connectivity index (χ2v) is 12.1. The fraction of sp³-hybridized carbons (Fsp3) is 0.808. The standard InChI is InChI=1S/C26H40O4/c1-15-14-25(7)16(2)13-18-23(5)11-10-19(27)22(3,4)17(23)9-12-24(18,6)26(25,20(15)28)21(29)30-8/h17-19,27-28H,2,9-14H2,1,3-8H3/t17-,18-,19+,23+,24-,25+,26+/m0/s1. The zero-order chi connectivity index (χ0) is 22.5. The van der Waals surface area contributed by atoms with Crippen molar-refractivity contribution < 1.29 is 19.7 Å². The molecule has 7 atom stereocenters. The first-order valence-electron chi connectivity index (χ1n) is 11.6. The van der Waals surface area contributed by atoms with Crippen LogP contribution in [0.2, 0.25) is 0 Å². The monoisotopic (exact) mass is 416 g/mol. The molecule has 0 spiro atoms. The van der Waals surface area contributed by atoms with Crippen molar-refractivity contribution in [2.45, 2.75) is 86.2 Å². The lowest BCUT2D eigenvalue weighted by Crippen LogP contribution is -2.69. The molecule has 0 heterocycles. The van der Waals surface area contributed by atoms with Gasteiger partial charge in [-0.2, -0.15) is 0 Å². The highest BCUT2D eigenvalue weighted by Crippen LogP contribution is 2.79. The number of methoxy groups -OCH3 is 1. The van der Waals surface area contributed by atoms with E-state index in [0.717, 1.165) is 43.3 Å². The molecule has 3 saturated carbocycles. The molecule has 0 aromatic heterocycles. The Morgan fingerprint density at radius 2 is 1.73 bits per heavy atom. The Morgan fingerprint density at radius 3 is 2.33 bits per heavy atom. The summed E-state index contributed by atoms with van der Waals surface area (Å²) in [6.45, 7) is 17.6. The SMILES string of the molecule is C=C1C[C@H]2[C@]3(C)CC[C@@H](O)C(C)(C)[C@@H]3CC[C@]2(C)[C@]2(C(=O)OC)C(O)=C(C)C[C@]12C. The summed E-state index contributed by atoms with van der Waals surface area (Å²) in [5, 5.41) is 22.4. The van der Waals surface area contributed by atoms with Gasteiger partial charge in [-0.05, 0) is 79.1 Å². The molecular weight excluding hydrogens is 376 g/mol. The number of hydrogen-bond donors (Lipinski definition) is 2. The molecule has 4 aliphatic carbocycles. The topological polar surface area (TPSA) is 66.8 Å². The van der Waals surface area contributed by atoms with Crippen molar-refractivity contribution in [2.75, 3.05) is 7.11 Å². The predicted octanol–water partition coefficient (Wildman–Crippen LogP) is 5.57. The highest BCUT2D eigenvalue weighted by atomic mass is 16.5. The number of allylic oxidation sites excluding steroid dienone is 2. The van der Waals surface area contributed by atoms with Gasteiger partial charge in [0.05, 0.1) is 13.2 Å². The molecule has 0 unspecified atom stereocenters. The summed E-state index contributed by atoms with van der Waals surface area (Å²) < 4.78 is 5.45. The van der Waals surface area contributed by atoms with Crippen molar-refractivity contribution in [1.82, 2.24) is 0 Å². The van der Waals surface area contributed by atoms with Crippen LogP contribution >= 0.6 is 0 Å². The molecule has 168 valence electrons. The Morgan fingerprint density at radius 1 is 1.10 bits per heavy atom. The molecule has 4 rings (SSSR count). The number of rotatable bonds is 1. The van der Waals surface area contributed by atoms with E-state index in [9.17, 15) is 15.0 Å². The van der Waals surface area contributed by atoms with E-state index in [4.69, 9.17) is 4.74 Å². The van der Waals surface area contributed by atoms with Gasteiger partial charge in [0.25, 0.3) is 0 Å². The van der Waals surface area contributed by atoms with Crippen LogP contribution in [0.1, 0.15) is 80.1 Å². The van der Waals surface area contributed by atoms with Gasteiger partial charge in [-0.25, -0.2) is 0 Å². The lowest BCUT2D eigenvalue weighted by molar-refractivity contribution is -0.231. The zero-order valence-electron chi connectivity index (χ0n) is 19.9. The van der Waals surface area contributed by atoms with Crippen molar-refractivity contribution in [2.24, 2.45) is 38.9 Å². The van der Waals surface area contributed by atoms with Crippen LogP contribution in [0.4, 0.5) is 0 Å². The van der Waals surface area contributed by atoms with Crippen molar-refractivity contribution >= 4 is 5.97 Å². The van der Waals surface area contributed by atoms with E-state index in [1.807, 2.05) is 6.92 Å². The maximum absolute atomic E-state index is 13.7. The molecule has 0 aromatic rings. The van der Waals surface area contributed by atoms with Crippen LogP contribution in [0.3, 0.4) is 0 Å². The van der Waals surface area contributed by atoms with Gasteiger partial charge in [-0.3, -0.25) is 4.79 Å². The molecular formula is C26H40O4. The Balaban J connectivity index is 1.96. The summed E-state index contributed by atoms with van der Waals surface area (Å²) in [7, 11) is 1.45. The first kappa shape index (κ1) is 21.9. The van der Waals surface area contributed by atoms with E-state index in [-0.39, 0.29) is 34.6 Å². The summed E-state index contributed by atoms with van der Waals surface area (Å²) >= 11 is 0. The highest BCUT2D eigenvalue weighted by molar-refractivity contribution is 5.85. The molecule has 3 fully saturated rings. The van der Waals surface area contributed by atoms with Crippen molar-refractivity contribution in [3.05, 3.63) is 23.5 Å². The van der Waals surface area contributed by atoms with E-state index in [1.165, 1.54) is 7.11 Å². The molecule has 0 saturated heterocycles. The van der Waals surface area contributed by atoms with Crippen LogP contribution in [0.5, 0.6) is 0 Å².